The van der Waals surface area contributed by atoms with Gasteiger partial charge in [-0.15, -0.1) is 0 Å². The van der Waals surface area contributed by atoms with E-state index in [-0.39, 0.29) is 5.91 Å². The van der Waals surface area contributed by atoms with Crippen LogP contribution in [0.15, 0.2) is 42.5 Å². The Morgan fingerprint density at radius 3 is 2.46 bits per heavy atom. The van der Waals surface area contributed by atoms with Crippen molar-refractivity contribution in [1.82, 2.24) is 5.32 Å². The number of carbonyl (C=O) groups excluding carboxylic acids is 1. The zero-order valence-electron chi connectivity index (χ0n) is 13.5. The summed E-state index contributed by atoms with van der Waals surface area (Å²) < 4.78 is 11.2. The molecule has 128 valence electrons. The predicted octanol–water partition coefficient (Wildman–Crippen LogP) is 4.26. The first kappa shape index (κ1) is 18.4. The summed E-state index contributed by atoms with van der Waals surface area (Å²) >= 11 is 11.7. The number of aryl methyl sites for hydroxylation is 1. The van der Waals surface area contributed by atoms with E-state index in [1.165, 1.54) is 0 Å². The summed E-state index contributed by atoms with van der Waals surface area (Å²) in [6.07, 6.45) is -0.611. The van der Waals surface area contributed by atoms with E-state index in [9.17, 15) is 4.79 Å². The van der Waals surface area contributed by atoms with E-state index in [4.69, 9.17) is 32.7 Å². The summed E-state index contributed by atoms with van der Waals surface area (Å²) in [7, 11) is 0. The molecule has 0 aliphatic heterocycles. The van der Waals surface area contributed by atoms with Gasteiger partial charge in [0.1, 0.15) is 18.1 Å². The van der Waals surface area contributed by atoms with Crippen molar-refractivity contribution >= 4 is 29.1 Å². The van der Waals surface area contributed by atoms with E-state index in [1.807, 2.05) is 6.92 Å². The second kappa shape index (κ2) is 8.81. The van der Waals surface area contributed by atoms with Crippen molar-refractivity contribution in [2.75, 3.05) is 13.2 Å². The third-order valence-corrected chi connectivity index (χ3v) is 3.78. The zero-order chi connectivity index (χ0) is 17.5. The van der Waals surface area contributed by atoms with Crippen LogP contribution in [0, 0.1) is 6.92 Å². The number of rotatable bonds is 7. The molecule has 1 N–H and O–H groups in total. The second-order valence-corrected chi connectivity index (χ2v) is 6.14. The Morgan fingerprint density at radius 1 is 1.12 bits per heavy atom. The van der Waals surface area contributed by atoms with Crippen LogP contribution in [-0.4, -0.2) is 25.2 Å². The van der Waals surface area contributed by atoms with Crippen LogP contribution in [0.25, 0.3) is 0 Å². The highest BCUT2D eigenvalue weighted by Crippen LogP contribution is 2.22. The van der Waals surface area contributed by atoms with Crippen molar-refractivity contribution in [3.63, 3.8) is 0 Å². The third-order valence-electron chi connectivity index (χ3n) is 3.29. The van der Waals surface area contributed by atoms with Crippen molar-refractivity contribution < 1.29 is 14.3 Å². The molecule has 0 aliphatic carbocycles. The molecule has 1 amide bonds. The summed E-state index contributed by atoms with van der Waals surface area (Å²) in [6, 6.07) is 12.3. The van der Waals surface area contributed by atoms with Gasteiger partial charge in [0.15, 0.2) is 6.10 Å². The molecule has 0 heterocycles. The minimum absolute atomic E-state index is 0.205. The lowest BCUT2D eigenvalue weighted by Crippen LogP contribution is -2.38. The van der Waals surface area contributed by atoms with Crippen molar-refractivity contribution in [3.05, 3.63) is 58.1 Å². The molecule has 0 saturated heterocycles. The molecule has 0 spiro atoms. The number of hydrogen-bond acceptors (Lipinski definition) is 3. The van der Waals surface area contributed by atoms with Crippen LogP contribution in [0.2, 0.25) is 10.0 Å². The molecule has 1 unspecified atom stereocenters. The molecule has 0 fully saturated rings. The highest BCUT2D eigenvalue weighted by Gasteiger charge is 2.15. The predicted molar refractivity (Wildman–Crippen MR) is 96.2 cm³/mol. The lowest BCUT2D eigenvalue weighted by molar-refractivity contribution is -0.127. The molecule has 2 rings (SSSR count). The first-order chi connectivity index (χ1) is 11.5. The van der Waals surface area contributed by atoms with E-state index in [2.05, 4.69) is 5.32 Å². The fourth-order valence-electron chi connectivity index (χ4n) is 2.01. The Labute approximate surface area is 151 Å². The quantitative estimate of drug-likeness (QED) is 0.743. The molecule has 0 aliphatic rings. The molecule has 0 saturated carbocycles. The van der Waals surface area contributed by atoms with Crippen LogP contribution in [0.3, 0.4) is 0 Å². The van der Waals surface area contributed by atoms with E-state index in [1.54, 1.807) is 49.4 Å². The lowest BCUT2D eigenvalue weighted by atomic mass is 10.2. The van der Waals surface area contributed by atoms with Gasteiger partial charge < -0.3 is 14.8 Å². The molecule has 4 nitrogen and oxygen atoms in total. The zero-order valence-corrected chi connectivity index (χ0v) is 15.0. The van der Waals surface area contributed by atoms with Crippen LogP contribution < -0.4 is 14.8 Å². The Hall–Kier alpha value is -1.91. The van der Waals surface area contributed by atoms with Gasteiger partial charge in [0.25, 0.3) is 5.91 Å². The van der Waals surface area contributed by atoms with Gasteiger partial charge in [0, 0.05) is 10.0 Å². The topological polar surface area (TPSA) is 47.6 Å². The number of hydrogen-bond donors (Lipinski definition) is 1. The molecule has 0 aromatic heterocycles. The van der Waals surface area contributed by atoms with Crippen molar-refractivity contribution in [1.29, 1.82) is 0 Å². The maximum Gasteiger partial charge on any atom is 0.260 e. The molecule has 6 heteroatoms. The average molecular weight is 368 g/mol. The van der Waals surface area contributed by atoms with E-state index in [0.717, 1.165) is 5.56 Å². The van der Waals surface area contributed by atoms with Crippen molar-refractivity contribution in [3.8, 4) is 11.5 Å². The third kappa shape index (κ3) is 5.62. The summed E-state index contributed by atoms with van der Waals surface area (Å²) in [4.78, 5) is 12.0. The molecular formula is C18H19Cl2NO3. The highest BCUT2D eigenvalue weighted by molar-refractivity contribution is 6.30. The molecule has 0 radical (unpaired) electrons. The highest BCUT2D eigenvalue weighted by atomic mass is 35.5. The number of nitrogens with one attached hydrogen (secondary N) is 1. The molecule has 2 aromatic rings. The van der Waals surface area contributed by atoms with E-state index < -0.39 is 6.10 Å². The minimum atomic E-state index is -0.611. The SMILES string of the molecule is Cc1cc(Cl)ccc1OC(C)C(=O)NCCOc1ccc(Cl)cc1. The fraction of sp³-hybridized carbons (Fsp3) is 0.278. The largest absolute Gasteiger partial charge is 0.492 e. The van der Waals surface area contributed by atoms with Crippen LogP contribution in [0.4, 0.5) is 0 Å². The van der Waals surface area contributed by atoms with Gasteiger partial charge >= 0.3 is 0 Å². The molecule has 1 atom stereocenters. The number of amides is 1. The first-order valence-electron chi connectivity index (χ1n) is 7.54. The van der Waals surface area contributed by atoms with Gasteiger partial charge in [-0.1, -0.05) is 23.2 Å². The van der Waals surface area contributed by atoms with Gasteiger partial charge in [-0.3, -0.25) is 4.79 Å². The smallest absolute Gasteiger partial charge is 0.260 e. The van der Waals surface area contributed by atoms with Crippen molar-refractivity contribution in [2.45, 2.75) is 20.0 Å². The first-order valence-corrected chi connectivity index (χ1v) is 8.30. The molecule has 0 bridgehead atoms. The molecule has 2 aromatic carbocycles. The van der Waals surface area contributed by atoms with Crippen LogP contribution in [-0.2, 0) is 4.79 Å². The molecule has 24 heavy (non-hydrogen) atoms. The number of carbonyl (C=O) groups is 1. The number of ether oxygens (including phenoxy) is 2. The van der Waals surface area contributed by atoms with Gasteiger partial charge in [-0.25, -0.2) is 0 Å². The Kier molecular flexibility index (Phi) is 6.76. The van der Waals surface area contributed by atoms with Crippen LogP contribution >= 0.6 is 23.2 Å². The summed E-state index contributed by atoms with van der Waals surface area (Å²) in [5.74, 6) is 1.14. The summed E-state index contributed by atoms with van der Waals surface area (Å²) in [5, 5.41) is 4.06. The van der Waals surface area contributed by atoms with Crippen LogP contribution in [0.1, 0.15) is 12.5 Å². The summed E-state index contributed by atoms with van der Waals surface area (Å²) in [6.45, 7) is 4.32. The fourth-order valence-corrected chi connectivity index (χ4v) is 2.36. The monoisotopic (exact) mass is 367 g/mol. The summed E-state index contributed by atoms with van der Waals surface area (Å²) in [5.41, 5.74) is 0.883. The normalized spacial score (nSPS) is 11.7. The average Bonchev–Trinajstić information content (AvgIpc) is 2.55. The number of halogens is 2. The Morgan fingerprint density at radius 2 is 1.79 bits per heavy atom. The Bertz CT molecular complexity index is 689. The van der Waals surface area contributed by atoms with E-state index in [0.29, 0.717) is 34.7 Å². The number of benzene rings is 2. The van der Waals surface area contributed by atoms with Gasteiger partial charge in [-0.2, -0.15) is 0 Å². The van der Waals surface area contributed by atoms with Crippen LogP contribution in [0.5, 0.6) is 11.5 Å². The maximum atomic E-state index is 12.0. The minimum Gasteiger partial charge on any atom is -0.492 e. The maximum absolute atomic E-state index is 12.0. The second-order valence-electron chi connectivity index (χ2n) is 5.26. The van der Waals surface area contributed by atoms with Gasteiger partial charge in [0.2, 0.25) is 0 Å². The Balaban J connectivity index is 1.74. The molecular weight excluding hydrogens is 349 g/mol. The lowest BCUT2D eigenvalue weighted by Gasteiger charge is -2.16. The standard InChI is InChI=1S/C18H19Cl2NO3/c1-12-11-15(20)5-8-17(12)24-13(2)18(22)21-9-10-23-16-6-3-14(19)4-7-16/h3-8,11,13H,9-10H2,1-2H3,(H,21,22). The van der Waals surface area contributed by atoms with Gasteiger partial charge in [-0.05, 0) is 61.9 Å². The van der Waals surface area contributed by atoms with Crippen molar-refractivity contribution in [2.24, 2.45) is 0 Å². The van der Waals surface area contributed by atoms with E-state index >= 15 is 0 Å². The van der Waals surface area contributed by atoms with Gasteiger partial charge in [0.05, 0.1) is 6.54 Å².